The summed E-state index contributed by atoms with van der Waals surface area (Å²) in [6.07, 6.45) is 3.08. The summed E-state index contributed by atoms with van der Waals surface area (Å²) in [5.74, 6) is -0.315. The van der Waals surface area contributed by atoms with Gasteiger partial charge in [0, 0.05) is 12.4 Å². The molecule has 0 bridgehead atoms. The van der Waals surface area contributed by atoms with Gasteiger partial charge in [0.05, 0.1) is 6.54 Å². The standard InChI is InChI=1S/C10H10FN3O2S/c11-8-3-1-2-4-9(8)17(15,16)14-7-10-12-5-6-13-10/h1-6,14H,7H2,(H,12,13). The van der Waals surface area contributed by atoms with Gasteiger partial charge in [-0.2, -0.15) is 0 Å². The monoisotopic (exact) mass is 255 g/mol. The molecule has 90 valence electrons. The average Bonchev–Trinajstić information content (AvgIpc) is 2.80. The molecule has 0 fully saturated rings. The highest BCUT2D eigenvalue weighted by molar-refractivity contribution is 7.89. The van der Waals surface area contributed by atoms with Gasteiger partial charge in [0.25, 0.3) is 0 Å². The lowest BCUT2D eigenvalue weighted by Crippen LogP contribution is -2.24. The molecule has 1 aromatic carbocycles. The van der Waals surface area contributed by atoms with Crippen LogP contribution in [0.25, 0.3) is 0 Å². The van der Waals surface area contributed by atoms with E-state index in [9.17, 15) is 12.8 Å². The number of aromatic amines is 1. The Balaban J connectivity index is 2.17. The van der Waals surface area contributed by atoms with Crippen LogP contribution in [0.1, 0.15) is 5.82 Å². The number of rotatable bonds is 4. The second-order valence-corrected chi connectivity index (χ2v) is 5.03. The highest BCUT2D eigenvalue weighted by Crippen LogP contribution is 2.13. The zero-order chi connectivity index (χ0) is 12.3. The first-order chi connectivity index (χ1) is 8.09. The first-order valence-corrected chi connectivity index (χ1v) is 6.30. The average molecular weight is 255 g/mol. The summed E-state index contributed by atoms with van der Waals surface area (Å²) in [5, 5.41) is 0. The molecule has 1 heterocycles. The van der Waals surface area contributed by atoms with Crippen LogP contribution in [0.15, 0.2) is 41.6 Å². The van der Waals surface area contributed by atoms with Gasteiger partial charge in [-0.05, 0) is 12.1 Å². The fourth-order valence-electron chi connectivity index (χ4n) is 1.30. The van der Waals surface area contributed by atoms with Crippen LogP contribution in [-0.2, 0) is 16.6 Å². The van der Waals surface area contributed by atoms with Crippen LogP contribution in [-0.4, -0.2) is 18.4 Å². The predicted octanol–water partition coefficient (Wildman–Crippen LogP) is 1.03. The molecule has 0 amide bonds. The fourth-order valence-corrected chi connectivity index (χ4v) is 2.36. The molecule has 7 heteroatoms. The number of H-pyrrole nitrogens is 1. The minimum absolute atomic E-state index is 0.0103. The fraction of sp³-hybridized carbons (Fsp3) is 0.100. The third-order valence-electron chi connectivity index (χ3n) is 2.11. The van der Waals surface area contributed by atoms with Crippen LogP contribution < -0.4 is 4.72 Å². The Bertz CT molecular complexity index is 596. The second-order valence-electron chi connectivity index (χ2n) is 3.29. The molecule has 0 aliphatic rings. The van der Waals surface area contributed by atoms with Crippen molar-refractivity contribution in [3.05, 3.63) is 48.3 Å². The van der Waals surface area contributed by atoms with Gasteiger partial charge in [-0.15, -0.1) is 0 Å². The molecule has 0 radical (unpaired) electrons. The van der Waals surface area contributed by atoms with Crippen LogP contribution in [0, 0.1) is 5.82 Å². The summed E-state index contributed by atoms with van der Waals surface area (Å²) >= 11 is 0. The number of hydrogen-bond donors (Lipinski definition) is 2. The van der Waals surface area contributed by atoms with Crippen molar-refractivity contribution in [2.24, 2.45) is 0 Å². The van der Waals surface area contributed by atoms with Gasteiger partial charge in [-0.25, -0.2) is 22.5 Å². The molecule has 2 N–H and O–H groups in total. The van der Waals surface area contributed by atoms with E-state index >= 15 is 0 Å². The maximum absolute atomic E-state index is 13.3. The van der Waals surface area contributed by atoms with Crippen LogP contribution in [0.4, 0.5) is 4.39 Å². The van der Waals surface area contributed by atoms with E-state index in [2.05, 4.69) is 14.7 Å². The maximum atomic E-state index is 13.3. The van der Waals surface area contributed by atoms with Crippen molar-refractivity contribution >= 4 is 10.0 Å². The van der Waals surface area contributed by atoms with Gasteiger partial charge in [0.15, 0.2) is 0 Å². The zero-order valence-corrected chi connectivity index (χ0v) is 9.54. The summed E-state index contributed by atoms with van der Waals surface area (Å²) in [5.41, 5.74) is 0. The van der Waals surface area contributed by atoms with E-state index in [1.54, 1.807) is 6.20 Å². The van der Waals surface area contributed by atoms with Gasteiger partial charge in [-0.1, -0.05) is 12.1 Å². The number of aromatic nitrogens is 2. The molecule has 0 saturated heterocycles. The molecular weight excluding hydrogens is 245 g/mol. The molecule has 0 unspecified atom stereocenters. The van der Waals surface area contributed by atoms with Crippen LogP contribution in [0.2, 0.25) is 0 Å². The Hall–Kier alpha value is -1.73. The van der Waals surface area contributed by atoms with E-state index in [0.717, 1.165) is 6.07 Å². The second kappa shape index (κ2) is 4.64. The third-order valence-corrected chi connectivity index (χ3v) is 3.55. The third kappa shape index (κ3) is 2.69. The number of nitrogens with zero attached hydrogens (tertiary/aromatic N) is 1. The van der Waals surface area contributed by atoms with Crippen LogP contribution in [0.5, 0.6) is 0 Å². The van der Waals surface area contributed by atoms with Gasteiger partial charge in [0.1, 0.15) is 16.5 Å². The quantitative estimate of drug-likeness (QED) is 0.856. The Morgan fingerprint density at radius 3 is 2.76 bits per heavy atom. The van der Waals surface area contributed by atoms with E-state index in [1.165, 1.54) is 24.4 Å². The molecular formula is C10H10FN3O2S. The Morgan fingerprint density at radius 2 is 2.12 bits per heavy atom. The van der Waals surface area contributed by atoms with E-state index in [0.29, 0.717) is 5.82 Å². The summed E-state index contributed by atoms with van der Waals surface area (Å²) in [7, 11) is -3.85. The van der Waals surface area contributed by atoms with E-state index < -0.39 is 15.8 Å². The molecule has 2 aromatic rings. The van der Waals surface area contributed by atoms with Gasteiger partial charge in [-0.3, -0.25) is 0 Å². The van der Waals surface area contributed by atoms with Gasteiger partial charge in [0.2, 0.25) is 10.0 Å². The number of sulfonamides is 1. The van der Waals surface area contributed by atoms with Gasteiger partial charge >= 0.3 is 0 Å². The smallest absolute Gasteiger partial charge is 0.243 e. The summed E-state index contributed by atoms with van der Waals surface area (Å²) in [6.45, 7) is -0.0103. The summed E-state index contributed by atoms with van der Waals surface area (Å²) in [6, 6.07) is 5.20. The van der Waals surface area contributed by atoms with E-state index in [4.69, 9.17) is 0 Å². The maximum Gasteiger partial charge on any atom is 0.243 e. The van der Waals surface area contributed by atoms with Crippen molar-refractivity contribution in [3.63, 3.8) is 0 Å². The lowest BCUT2D eigenvalue weighted by Gasteiger charge is -2.05. The van der Waals surface area contributed by atoms with E-state index in [-0.39, 0.29) is 11.4 Å². The minimum atomic E-state index is -3.85. The highest BCUT2D eigenvalue weighted by Gasteiger charge is 2.18. The van der Waals surface area contributed by atoms with Gasteiger partial charge < -0.3 is 4.98 Å². The lowest BCUT2D eigenvalue weighted by atomic mass is 10.4. The first-order valence-electron chi connectivity index (χ1n) is 4.82. The molecule has 0 saturated carbocycles. The number of hydrogen-bond acceptors (Lipinski definition) is 3. The largest absolute Gasteiger partial charge is 0.347 e. The topological polar surface area (TPSA) is 74.8 Å². The van der Waals surface area contributed by atoms with Crippen LogP contribution >= 0.6 is 0 Å². The van der Waals surface area contributed by atoms with Crippen molar-refractivity contribution in [1.82, 2.24) is 14.7 Å². The summed E-state index contributed by atoms with van der Waals surface area (Å²) in [4.78, 5) is 6.23. The molecule has 0 atom stereocenters. The molecule has 0 aliphatic carbocycles. The van der Waals surface area contributed by atoms with E-state index in [1.807, 2.05) is 0 Å². The number of imidazole rings is 1. The van der Waals surface area contributed by atoms with Crippen LogP contribution in [0.3, 0.4) is 0 Å². The van der Waals surface area contributed by atoms with Crippen molar-refractivity contribution in [3.8, 4) is 0 Å². The first kappa shape index (κ1) is 11.7. The minimum Gasteiger partial charge on any atom is -0.347 e. The number of benzene rings is 1. The SMILES string of the molecule is O=S(=O)(NCc1ncc[nH]1)c1ccccc1F. The normalized spacial score (nSPS) is 11.6. The Labute approximate surface area is 97.8 Å². The van der Waals surface area contributed by atoms with Crippen molar-refractivity contribution in [2.75, 3.05) is 0 Å². The molecule has 0 spiro atoms. The number of nitrogens with one attached hydrogen (secondary N) is 2. The predicted molar refractivity (Wildman–Crippen MR) is 59.0 cm³/mol. The molecule has 2 rings (SSSR count). The molecule has 17 heavy (non-hydrogen) atoms. The Kier molecular flexibility index (Phi) is 3.21. The van der Waals surface area contributed by atoms with Crippen molar-refractivity contribution < 1.29 is 12.8 Å². The summed E-state index contributed by atoms with van der Waals surface area (Å²) < 4.78 is 39.1. The lowest BCUT2D eigenvalue weighted by molar-refractivity contribution is 0.555. The highest BCUT2D eigenvalue weighted by atomic mass is 32.2. The zero-order valence-electron chi connectivity index (χ0n) is 8.72. The molecule has 0 aliphatic heterocycles. The molecule has 5 nitrogen and oxygen atoms in total. The molecule has 1 aromatic heterocycles. The Morgan fingerprint density at radius 1 is 1.35 bits per heavy atom. The van der Waals surface area contributed by atoms with Crippen molar-refractivity contribution in [2.45, 2.75) is 11.4 Å². The van der Waals surface area contributed by atoms with Crippen molar-refractivity contribution in [1.29, 1.82) is 0 Å². The number of halogens is 1.